The van der Waals surface area contributed by atoms with E-state index in [1.54, 1.807) is 4.68 Å². The van der Waals surface area contributed by atoms with Gasteiger partial charge in [0, 0.05) is 25.9 Å². The lowest BCUT2D eigenvalue weighted by Gasteiger charge is -2.09. The van der Waals surface area contributed by atoms with E-state index in [2.05, 4.69) is 21.7 Å². The molecule has 1 unspecified atom stereocenters. The monoisotopic (exact) mass is 306 g/mol. The molecule has 0 radical (unpaired) electrons. The van der Waals surface area contributed by atoms with E-state index in [9.17, 15) is 0 Å². The van der Waals surface area contributed by atoms with Gasteiger partial charge in [-0.1, -0.05) is 6.92 Å². The van der Waals surface area contributed by atoms with E-state index in [0.717, 1.165) is 34.7 Å². The van der Waals surface area contributed by atoms with E-state index >= 15 is 0 Å². The van der Waals surface area contributed by atoms with Crippen molar-refractivity contribution >= 4 is 22.8 Å². The van der Waals surface area contributed by atoms with Crippen LogP contribution in [0.25, 0.3) is 11.2 Å². The number of rotatable bonds is 4. The van der Waals surface area contributed by atoms with Gasteiger partial charge in [-0.3, -0.25) is 9.36 Å². The Morgan fingerprint density at radius 3 is 2.67 bits per heavy atom. The summed E-state index contributed by atoms with van der Waals surface area (Å²) in [6, 6.07) is 0. The quantitative estimate of drug-likeness (QED) is 0.696. The van der Waals surface area contributed by atoms with Crippen LogP contribution in [0, 0.1) is 0 Å². The first-order valence-electron chi connectivity index (χ1n) is 7.04. The Hall–Kier alpha value is -1.82. The lowest BCUT2D eigenvalue weighted by molar-refractivity contribution is 0.682. The van der Waals surface area contributed by atoms with E-state index in [-0.39, 0.29) is 5.38 Å². The van der Waals surface area contributed by atoms with Gasteiger partial charge in [-0.05, 0) is 13.3 Å². The highest BCUT2D eigenvalue weighted by Crippen LogP contribution is 2.27. The number of nitrogens with zero attached hydrogens (tertiary/aromatic N) is 6. The average molecular weight is 307 g/mol. The van der Waals surface area contributed by atoms with Gasteiger partial charge in [-0.25, -0.2) is 4.98 Å². The predicted molar refractivity (Wildman–Crippen MR) is 82.5 cm³/mol. The van der Waals surface area contributed by atoms with Gasteiger partial charge < -0.3 is 4.57 Å². The summed E-state index contributed by atoms with van der Waals surface area (Å²) in [6.07, 6.45) is 4.73. The van der Waals surface area contributed by atoms with Crippen molar-refractivity contribution < 1.29 is 0 Å². The summed E-state index contributed by atoms with van der Waals surface area (Å²) < 4.78 is 5.82. The molecule has 7 heteroatoms. The standard InChI is InChI=1S/C14H19ClN6/c1-5-11-12-14(20(4)18-11)21(13(17-12)9(2)15)8-10-6-16-19(3)7-10/h6-7,9H,5,8H2,1-4H3. The minimum atomic E-state index is -0.154. The Bertz CT molecular complexity index is 779. The highest BCUT2D eigenvalue weighted by atomic mass is 35.5. The zero-order valence-corrected chi connectivity index (χ0v) is 13.5. The smallest absolute Gasteiger partial charge is 0.159 e. The zero-order chi connectivity index (χ0) is 15.1. The molecule has 6 nitrogen and oxygen atoms in total. The Balaban J connectivity index is 2.18. The second-order valence-corrected chi connectivity index (χ2v) is 5.95. The minimum absolute atomic E-state index is 0.154. The van der Waals surface area contributed by atoms with Gasteiger partial charge in [0.2, 0.25) is 0 Å². The highest BCUT2D eigenvalue weighted by molar-refractivity contribution is 6.20. The SMILES string of the molecule is CCc1nn(C)c2c1nc(C(C)Cl)n2Cc1cnn(C)c1. The molecule has 3 aromatic heterocycles. The van der Waals surface area contributed by atoms with Gasteiger partial charge in [0.1, 0.15) is 11.3 Å². The number of hydrogen-bond acceptors (Lipinski definition) is 3. The van der Waals surface area contributed by atoms with Crippen molar-refractivity contribution in [3.05, 3.63) is 29.5 Å². The van der Waals surface area contributed by atoms with E-state index in [1.807, 2.05) is 38.1 Å². The molecule has 0 N–H and O–H groups in total. The van der Waals surface area contributed by atoms with Crippen LogP contribution < -0.4 is 0 Å². The third-order valence-electron chi connectivity index (χ3n) is 3.61. The normalized spacial score (nSPS) is 13.2. The Morgan fingerprint density at radius 1 is 1.33 bits per heavy atom. The van der Waals surface area contributed by atoms with Crippen LogP contribution in [-0.4, -0.2) is 29.1 Å². The highest BCUT2D eigenvalue weighted by Gasteiger charge is 2.21. The molecule has 0 aliphatic rings. The third kappa shape index (κ3) is 2.33. The molecule has 0 saturated heterocycles. The molecule has 3 aromatic rings. The first-order valence-corrected chi connectivity index (χ1v) is 7.48. The molecule has 3 rings (SSSR count). The second-order valence-electron chi connectivity index (χ2n) is 5.29. The number of aryl methyl sites for hydroxylation is 3. The summed E-state index contributed by atoms with van der Waals surface area (Å²) in [5.74, 6) is 0.873. The molecule has 0 amide bonds. The summed E-state index contributed by atoms with van der Waals surface area (Å²) in [6.45, 7) is 4.73. The molecule has 112 valence electrons. The maximum absolute atomic E-state index is 6.32. The fourth-order valence-corrected chi connectivity index (χ4v) is 2.86. The van der Waals surface area contributed by atoms with Crippen LogP contribution in [0.5, 0.6) is 0 Å². The van der Waals surface area contributed by atoms with Crippen LogP contribution >= 0.6 is 11.6 Å². The first kappa shape index (κ1) is 14.1. The van der Waals surface area contributed by atoms with E-state index in [1.165, 1.54) is 0 Å². The minimum Gasteiger partial charge on any atom is -0.307 e. The first-order chi connectivity index (χ1) is 10.0. The maximum atomic E-state index is 6.32. The molecule has 0 aliphatic carbocycles. The summed E-state index contributed by atoms with van der Waals surface area (Å²) in [4.78, 5) is 4.73. The summed E-state index contributed by atoms with van der Waals surface area (Å²) in [5.41, 5.74) is 4.09. The van der Waals surface area contributed by atoms with Crippen LogP contribution in [0.15, 0.2) is 12.4 Å². The van der Waals surface area contributed by atoms with Crippen LogP contribution in [-0.2, 0) is 27.1 Å². The van der Waals surface area contributed by atoms with Crippen molar-refractivity contribution in [1.82, 2.24) is 29.1 Å². The van der Waals surface area contributed by atoms with Crippen LogP contribution in [0.1, 0.15) is 36.3 Å². The van der Waals surface area contributed by atoms with Crippen molar-refractivity contribution in [2.75, 3.05) is 0 Å². The summed E-state index contributed by atoms with van der Waals surface area (Å²) in [7, 11) is 3.86. The van der Waals surface area contributed by atoms with Crippen LogP contribution in [0.4, 0.5) is 0 Å². The van der Waals surface area contributed by atoms with Gasteiger partial charge in [0.15, 0.2) is 5.65 Å². The Kier molecular flexibility index (Phi) is 3.49. The predicted octanol–water partition coefficient (Wildman–Crippen LogP) is 2.41. The van der Waals surface area contributed by atoms with Gasteiger partial charge >= 0.3 is 0 Å². The van der Waals surface area contributed by atoms with Crippen molar-refractivity contribution in [2.24, 2.45) is 14.1 Å². The van der Waals surface area contributed by atoms with Crippen molar-refractivity contribution in [3.8, 4) is 0 Å². The van der Waals surface area contributed by atoms with E-state index < -0.39 is 0 Å². The number of alkyl halides is 1. The lowest BCUT2D eigenvalue weighted by Crippen LogP contribution is -2.08. The Morgan fingerprint density at radius 2 is 2.10 bits per heavy atom. The average Bonchev–Trinajstić information content (AvgIpc) is 3.07. The number of imidazole rings is 1. The summed E-state index contributed by atoms with van der Waals surface area (Å²) in [5, 5.41) is 8.61. The molecule has 0 fully saturated rings. The number of halogens is 1. The summed E-state index contributed by atoms with van der Waals surface area (Å²) >= 11 is 6.32. The number of aromatic nitrogens is 6. The molecule has 0 saturated carbocycles. The van der Waals surface area contributed by atoms with Crippen molar-refractivity contribution in [2.45, 2.75) is 32.2 Å². The largest absolute Gasteiger partial charge is 0.307 e. The fraction of sp³-hybridized carbons (Fsp3) is 0.500. The third-order valence-corrected chi connectivity index (χ3v) is 3.81. The number of fused-ring (bicyclic) bond motifs is 1. The maximum Gasteiger partial charge on any atom is 0.159 e. The molecule has 21 heavy (non-hydrogen) atoms. The molecular weight excluding hydrogens is 288 g/mol. The van der Waals surface area contributed by atoms with E-state index in [4.69, 9.17) is 16.6 Å². The molecule has 0 aliphatic heterocycles. The molecule has 3 heterocycles. The van der Waals surface area contributed by atoms with E-state index in [0.29, 0.717) is 6.54 Å². The number of hydrogen-bond donors (Lipinski definition) is 0. The lowest BCUT2D eigenvalue weighted by atomic mass is 10.3. The molecular formula is C14H19ClN6. The van der Waals surface area contributed by atoms with Gasteiger partial charge in [0.05, 0.1) is 23.8 Å². The molecule has 0 bridgehead atoms. The zero-order valence-electron chi connectivity index (χ0n) is 12.7. The van der Waals surface area contributed by atoms with Crippen molar-refractivity contribution in [1.29, 1.82) is 0 Å². The topological polar surface area (TPSA) is 53.5 Å². The van der Waals surface area contributed by atoms with Crippen LogP contribution in [0.2, 0.25) is 0 Å². The second kappa shape index (κ2) is 5.18. The van der Waals surface area contributed by atoms with Gasteiger partial charge in [-0.15, -0.1) is 11.6 Å². The van der Waals surface area contributed by atoms with Gasteiger partial charge in [0.25, 0.3) is 0 Å². The van der Waals surface area contributed by atoms with Crippen molar-refractivity contribution in [3.63, 3.8) is 0 Å². The Labute approximate surface area is 128 Å². The molecule has 0 spiro atoms. The molecule has 1 atom stereocenters. The van der Waals surface area contributed by atoms with Crippen LogP contribution in [0.3, 0.4) is 0 Å². The van der Waals surface area contributed by atoms with Gasteiger partial charge in [-0.2, -0.15) is 10.2 Å². The fourth-order valence-electron chi connectivity index (χ4n) is 2.69. The molecule has 0 aromatic carbocycles.